The van der Waals surface area contributed by atoms with Gasteiger partial charge in [0, 0.05) is 50.5 Å². The number of carbonyl (C=O) groups is 2. The third-order valence-electron chi connectivity index (χ3n) is 5.26. The number of benzene rings is 1. The number of aliphatic imine (C=N–C) groups is 1. The molecule has 0 aliphatic carbocycles. The van der Waals surface area contributed by atoms with Crippen molar-refractivity contribution in [1.82, 2.24) is 10.2 Å². The molecule has 2 fully saturated rings. The van der Waals surface area contributed by atoms with Gasteiger partial charge in [0.1, 0.15) is 0 Å². The minimum absolute atomic E-state index is 0.0363. The second-order valence-corrected chi connectivity index (χ2v) is 7.01. The zero-order valence-corrected chi connectivity index (χ0v) is 14.9. The molecule has 3 heterocycles. The molecule has 2 atom stereocenters. The second kappa shape index (κ2) is 6.60. The molecule has 8 heteroatoms. The van der Waals surface area contributed by atoms with Crippen molar-refractivity contribution in [3.63, 3.8) is 0 Å². The SMILES string of the molecule is CC(=O)NC1=NCCCN1c1ccc(N2C[C@@H]3[C@H](N)CCN3C2=O)cc1. The normalized spacial score (nSPS) is 25.4. The van der Waals surface area contributed by atoms with Crippen molar-refractivity contribution in [1.29, 1.82) is 0 Å². The molecule has 0 unspecified atom stereocenters. The molecule has 0 radical (unpaired) electrons. The van der Waals surface area contributed by atoms with Crippen LogP contribution in [0, 0.1) is 0 Å². The van der Waals surface area contributed by atoms with Gasteiger partial charge in [-0.2, -0.15) is 0 Å². The summed E-state index contributed by atoms with van der Waals surface area (Å²) in [5.74, 6) is 0.451. The lowest BCUT2D eigenvalue weighted by molar-refractivity contribution is -0.117. The van der Waals surface area contributed by atoms with E-state index in [4.69, 9.17) is 5.73 Å². The van der Waals surface area contributed by atoms with Crippen LogP contribution in [-0.2, 0) is 4.79 Å². The van der Waals surface area contributed by atoms with Crippen LogP contribution < -0.4 is 20.9 Å². The number of rotatable bonds is 2. The highest BCUT2D eigenvalue weighted by Crippen LogP contribution is 2.31. The average molecular weight is 356 g/mol. The van der Waals surface area contributed by atoms with Crippen LogP contribution in [0.25, 0.3) is 0 Å². The van der Waals surface area contributed by atoms with Gasteiger partial charge in [-0.1, -0.05) is 0 Å². The molecule has 1 aromatic carbocycles. The summed E-state index contributed by atoms with van der Waals surface area (Å²) in [6.07, 6.45) is 1.81. The molecule has 26 heavy (non-hydrogen) atoms. The molecule has 0 saturated carbocycles. The van der Waals surface area contributed by atoms with Crippen LogP contribution in [0.4, 0.5) is 16.2 Å². The predicted octanol–water partition coefficient (Wildman–Crippen LogP) is 0.730. The number of hydrogen-bond acceptors (Lipinski definition) is 5. The molecule has 3 aliphatic heterocycles. The Bertz CT molecular complexity index is 747. The topological polar surface area (TPSA) is 94.3 Å². The van der Waals surface area contributed by atoms with E-state index < -0.39 is 0 Å². The van der Waals surface area contributed by atoms with E-state index in [0.717, 1.165) is 37.3 Å². The highest BCUT2D eigenvalue weighted by molar-refractivity contribution is 6.05. The monoisotopic (exact) mass is 356 g/mol. The lowest BCUT2D eigenvalue weighted by Crippen LogP contribution is -2.46. The van der Waals surface area contributed by atoms with Crippen molar-refractivity contribution in [2.24, 2.45) is 10.7 Å². The van der Waals surface area contributed by atoms with Crippen LogP contribution in [0.2, 0.25) is 0 Å². The van der Waals surface area contributed by atoms with Crippen molar-refractivity contribution in [3.8, 4) is 0 Å². The van der Waals surface area contributed by atoms with Crippen molar-refractivity contribution >= 4 is 29.3 Å². The number of urea groups is 1. The number of guanidine groups is 1. The van der Waals surface area contributed by atoms with Gasteiger partial charge in [-0.05, 0) is 37.1 Å². The van der Waals surface area contributed by atoms with E-state index in [2.05, 4.69) is 10.3 Å². The molecular formula is C18H24N6O2. The molecular weight excluding hydrogens is 332 g/mol. The molecule has 0 bridgehead atoms. The minimum Gasteiger partial charge on any atom is -0.326 e. The molecule has 2 saturated heterocycles. The number of carbonyl (C=O) groups excluding carboxylic acids is 2. The summed E-state index contributed by atoms with van der Waals surface area (Å²) in [5, 5.41) is 2.79. The van der Waals surface area contributed by atoms with Gasteiger partial charge < -0.3 is 15.5 Å². The maximum atomic E-state index is 12.6. The number of nitrogens with zero attached hydrogens (tertiary/aromatic N) is 4. The Morgan fingerprint density at radius 3 is 2.54 bits per heavy atom. The Hall–Kier alpha value is -2.61. The second-order valence-electron chi connectivity index (χ2n) is 7.01. The van der Waals surface area contributed by atoms with Gasteiger partial charge in [-0.25, -0.2) is 4.79 Å². The van der Waals surface area contributed by atoms with Crippen molar-refractivity contribution in [2.75, 3.05) is 36.0 Å². The number of nitrogens with two attached hydrogens (primary N) is 1. The molecule has 0 aromatic heterocycles. The van der Waals surface area contributed by atoms with E-state index in [9.17, 15) is 9.59 Å². The summed E-state index contributed by atoms with van der Waals surface area (Å²) < 4.78 is 0. The molecule has 8 nitrogen and oxygen atoms in total. The van der Waals surface area contributed by atoms with Crippen LogP contribution in [0.3, 0.4) is 0 Å². The third kappa shape index (κ3) is 2.90. The van der Waals surface area contributed by atoms with E-state index in [0.29, 0.717) is 19.0 Å². The van der Waals surface area contributed by atoms with E-state index in [1.807, 2.05) is 34.1 Å². The smallest absolute Gasteiger partial charge is 0.324 e. The Morgan fingerprint density at radius 2 is 1.88 bits per heavy atom. The number of fused-ring (bicyclic) bond motifs is 1. The highest BCUT2D eigenvalue weighted by atomic mass is 16.2. The first kappa shape index (κ1) is 16.8. The maximum Gasteiger partial charge on any atom is 0.324 e. The average Bonchev–Trinajstić information content (AvgIpc) is 3.16. The largest absolute Gasteiger partial charge is 0.326 e. The van der Waals surface area contributed by atoms with Crippen molar-refractivity contribution < 1.29 is 9.59 Å². The van der Waals surface area contributed by atoms with Gasteiger partial charge in [0.2, 0.25) is 11.9 Å². The summed E-state index contributed by atoms with van der Waals surface area (Å²) in [5.41, 5.74) is 7.94. The van der Waals surface area contributed by atoms with Gasteiger partial charge in [0.25, 0.3) is 0 Å². The number of nitrogens with one attached hydrogen (secondary N) is 1. The zero-order chi connectivity index (χ0) is 18.3. The predicted molar refractivity (Wildman–Crippen MR) is 100 cm³/mol. The Morgan fingerprint density at radius 1 is 1.19 bits per heavy atom. The lowest BCUT2D eigenvalue weighted by Gasteiger charge is -2.29. The van der Waals surface area contributed by atoms with Crippen molar-refractivity contribution in [2.45, 2.75) is 31.8 Å². The van der Waals surface area contributed by atoms with Gasteiger partial charge in [0.05, 0.1) is 6.04 Å². The highest BCUT2D eigenvalue weighted by Gasteiger charge is 2.44. The summed E-state index contributed by atoms with van der Waals surface area (Å²) in [4.78, 5) is 34.1. The Kier molecular flexibility index (Phi) is 4.28. The van der Waals surface area contributed by atoms with E-state index in [-0.39, 0.29) is 24.0 Å². The summed E-state index contributed by atoms with van der Waals surface area (Å²) in [7, 11) is 0. The standard InChI is InChI=1S/C18H24N6O2/c1-12(25)21-17-20-8-2-9-22(17)13-3-5-14(6-4-13)24-11-16-15(19)7-10-23(16)18(24)26/h3-6,15-16H,2,7-11,19H2,1H3,(H,20,21,25)/t15-,16-/m1/s1. The fourth-order valence-corrected chi connectivity index (χ4v) is 3.92. The quantitative estimate of drug-likeness (QED) is 0.817. The first-order chi connectivity index (χ1) is 12.5. The van der Waals surface area contributed by atoms with Crippen LogP contribution in [0.15, 0.2) is 29.3 Å². The van der Waals surface area contributed by atoms with Crippen LogP contribution >= 0.6 is 0 Å². The van der Waals surface area contributed by atoms with Crippen LogP contribution in [-0.4, -0.2) is 61.1 Å². The molecule has 3 N–H and O–H groups in total. The summed E-state index contributed by atoms with van der Waals surface area (Å²) in [6.45, 7) is 4.37. The van der Waals surface area contributed by atoms with Crippen LogP contribution in [0.1, 0.15) is 19.8 Å². The molecule has 138 valence electrons. The van der Waals surface area contributed by atoms with E-state index >= 15 is 0 Å². The van der Waals surface area contributed by atoms with Crippen LogP contribution in [0.5, 0.6) is 0 Å². The van der Waals surface area contributed by atoms with Gasteiger partial charge >= 0.3 is 6.03 Å². The zero-order valence-electron chi connectivity index (χ0n) is 14.9. The Balaban J connectivity index is 1.52. The van der Waals surface area contributed by atoms with Gasteiger partial charge in [-0.3, -0.25) is 20.0 Å². The summed E-state index contributed by atoms with van der Waals surface area (Å²) in [6, 6.07) is 8.04. The third-order valence-corrected chi connectivity index (χ3v) is 5.26. The number of hydrogen-bond donors (Lipinski definition) is 2. The molecule has 3 amide bonds. The molecule has 1 aromatic rings. The van der Waals surface area contributed by atoms with Gasteiger partial charge in [-0.15, -0.1) is 0 Å². The summed E-state index contributed by atoms with van der Waals surface area (Å²) >= 11 is 0. The molecule has 0 spiro atoms. The first-order valence-electron chi connectivity index (χ1n) is 9.08. The number of amides is 3. The van der Waals surface area contributed by atoms with E-state index in [1.165, 1.54) is 6.92 Å². The maximum absolute atomic E-state index is 12.6. The fourth-order valence-electron chi connectivity index (χ4n) is 3.92. The first-order valence-corrected chi connectivity index (χ1v) is 9.08. The molecule has 3 aliphatic rings. The minimum atomic E-state index is -0.133. The fraction of sp³-hybridized carbons (Fsp3) is 0.500. The van der Waals surface area contributed by atoms with Crippen molar-refractivity contribution in [3.05, 3.63) is 24.3 Å². The number of anilines is 2. The Labute approximate surface area is 152 Å². The van der Waals surface area contributed by atoms with E-state index in [1.54, 1.807) is 4.90 Å². The van der Waals surface area contributed by atoms with Gasteiger partial charge in [0.15, 0.2) is 0 Å². The molecule has 4 rings (SSSR count). The lowest BCUT2D eigenvalue weighted by atomic mass is 10.1.